The molecule has 1 atom stereocenters. The van der Waals surface area contributed by atoms with Gasteiger partial charge in [-0.15, -0.1) is 0 Å². The second-order valence-electron chi connectivity index (χ2n) is 5.15. The van der Waals surface area contributed by atoms with E-state index in [0.29, 0.717) is 17.2 Å². The summed E-state index contributed by atoms with van der Waals surface area (Å²) in [4.78, 5) is 12.1. The Hall–Kier alpha value is -2.06. The van der Waals surface area contributed by atoms with Gasteiger partial charge in [-0.05, 0) is 63.0 Å². The van der Waals surface area contributed by atoms with E-state index in [1.807, 2.05) is 18.2 Å². The lowest BCUT2D eigenvalue weighted by Gasteiger charge is -2.13. The van der Waals surface area contributed by atoms with Gasteiger partial charge in [-0.3, -0.25) is 4.79 Å². The van der Waals surface area contributed by atoms with Gasteiger partial charge in [-0.2, -0.15) is 5.10 Å². The van der Waals surface area contributed by atoms with Crippen molar-refractivity contribution in [2.24, 2.45) is 5.10 Å². The standard InChI is InChI=1S/C17H14Br2N2O4/c1-10(25-14-5-3-2-4-12(14)18)17(22)21-20-8-11-6-15-16(7-13(11)19)24-9-23-15/h2-8,10H,9H2,1H3,(H,21,22)/b20-8-/t10-/m0/s1. The number of benzene rings is 2. The van der Waals surface area contributed by atoms with E-state index in [9.17, 15) is 4.79 Å². The van der Waals surface area contributed by atoms with E-state index in [2.05, 4.69) is 42.4 Å². The molecule has 0 fully saturated rings. The minimum atomic E-state index is -0.698. The second-order valence-corrected chi connectivity index (χ2v) is 6.86. The number of fused-ring (bicyclic) bond motifs is 1. The predicted octanol–water partition coefficient (Wildman–Crippen LogP) is 3.86. The molecule has 1 heterocycles. The van der Waals surface area contributed by atoms with Gasteiger partial charge in [0.15, 0.2) is 17.6 Å². The van der Waals surface area contributed by atoms with E-state index >= 15 is 0 Å². The van der Waals surface area contributed by atoms with Crippen LogP contribution in [0.5, 0.6) is 17.2 Å². The Bertz CT molecular complexity index is 826. The third-order valence-corrected chi connectivity index (χ3v) is 4.72. The second kappa shape index (κ2) is 7.88. The fourth-order valence-electron chi connectivity index (χ4n) is 2.07. The SMILES string of the molecule is C[C@H](Oc1ccccc1Br)C(=O)N/N=C\c1cc2c(cc1Br)OCO2. The van der Waals surface area contributed by atoms with Gasteiger partial charge in [-0.25, -0.2) is 5.43 Å². The summed E-state index contributed by atoms with van der Waals surface area (Å²) in [5, 5.41) is 3.97. The number of halogens is 2. The number of nitrogens with one attached hydrogen (secondary N) is 1. The quantitative estimate of drug-likeness (QED) is 0.533. The van der Waals surface area contributed by atoms with E-state index in [-0.39, 0.29) is 12.7 Å². The van der Waals surface area contributed by atoms with Crippen molar-refractivity contribution in [2.45, 2.75) is 13.0 Å². The monoisotopic (exact) mass is 468 g/mol. The third-order valence-electron chi connectivity index (χ3n) is 3.38. The van der Waals surface area contributed by atoms with Gasteiger partial charge >= 0.3 is 0 Å². The average Bonchev–Trinajstić information content (AvgIpc) is 3.04. The van der Waals surface area contributed by atoms with Gasteiger partial charge in [0.25, 0.3) is 5.91 Å². The lowest BCUT2D eigenvalue weighted by Crippen LogP contribution is -2.33. The summed E-state index contributed by atoms with van der Waals surface area (Å²) in [5.41, 5.74) is 3.22. The summed E-state index contributed by atoms with van der Waals surface area (Å²) in [7, 11) is 0. The van der Waals surface area contributed by atoms with Gasteiger partial charge in [0.1, 0.15) is 5.75 Å². The summed E-state index contributed by atoms with van der Waals surface area (Å²) in [5.74, 6) is 1.54. The van der Waals surface area contributed by atoms with E-state index in [1.165, 1.54) is 6.21 Å². The summed E-state index contributed by atoms with van der Waals surface area (Å²) >= 11 is 6.80. The van der Waals surface area contributed by atoms with Crippen molar-refractivity contribution in [3.8, 4) is 17.2 Å². The highest BCUT2D eigenvalue weighted by Gasteiger charge is 2.17. The Kier molecular flexibility index (Phi) is 5.60. The van der Waals surface area contributed by atoms with E-state index in [4.69, 9.17) is 14.2 Å². The number of rotatable bonds is 5. The Labute approximate surface area is 161 Å². The molecule has 2 aromatic carbocycles. The van der Waals surface area contributed by atoms with Crippen molar-refractivity contribution >= 4 is 44.0 Å². The molecule has 0 radical (unpaired) electrons. The van der Waals surface area contributed by atoms with Gasteiger partial charge in [0, 0.05) is 10.0 Å². The topological polar surface area (TPSA) is 69.2 Å². The summed E-state index contributed by atoms with van der Waals surface area (Å²) < 4.78 is 17.8. The molecule has 0 aromatic heterocycles. The molecule has 1 aliphatic heterocycles. The number of amides is 1. The molecule has 1 aliphatic rings. The van der Waals surface area contributed by atoms with Crippen molar-refractivity contribution < 1.29 is 19.0 Å². The van der Waals surface area contributed by atoms with Crippen LogP contribution in [0.3, 0.4) is 0 Å². The van der Waals surface area contributed by atoms with Crippen molar-refractivity contribution in [2.75, 3.05) is 6.79 Å². The van der Waals surface area contributed by atoms with Gasteiger partial charge in [0.2, 0.25) is 6.79 Å². The molecule has 0 saturated carbocycles. The van der Waals surface area contributed by atoms with Gasteiger partial charge in [-0.1, -0.05) is 12.1 Å². The maximum absolute atomic E-state index is 12.1. The molecule has 1 N–H and O–H groups in total. The molecule has 0 saturated heterocycles. The van der Waals surface area contributed by atoms with Crippen LogP contribution in [0, 0.1) is 0 Å². The van der Waals surface area contributed by atoms with E-state index in [1.54, 1.807) is 25.1 Å². The number of ether oxygens (including phenoxy) is 3. The zero-order chi connectivity index (χ0) is 17.8. The highest BCUT2D eigenvalue weighted by molar-refractivity contribution is 9.10. The number of nitrogens with zero attached hydrogens (tertiary/aromatic N) is 1. The summed E-state index contributed by atoms with van der Waals surface area (Å²) in [6.07, 6.45) is 0.825. The zero-order valence-electron chi connectivity index (χ0n) is 13.2. The molecule has 6 nitrogen and oxygen atoms in total. The number of carbonyl (C=O) groups is 1. The number of para-hydroxylation sites is 1. The molecule has 0 aliphatic carbocycles. The van der Waals surface area contributed by atoms with Crippen LogP contribution in [0.2, 0.25) is 0 Å². The molecule has 0 bridgehead atoms. The summed E-state index contributed by atoms with van der Waals surface area (Å²) in [6.45, 7) is 1.85. The Balaban J connectivity index is 1.60. The first-order valence-electron chi connectivity index (χ1n) is 7.38. The molecule has 2 aromatic rings. The van der Waals surface area contributed by atoms with Crippen LogP contribution < -0.4 is 19.6 Å². The van der Waals surface area contributed by atoms with E-state index < -0.39 is 6.10 Å². The van der Waals surface area contributed by atoms with Crippen LogP contribution in [-0.2, 0) is 4.79 Å². The number of hydrogen-bond acceptors (Lipinski definition) is 5. The highest BCUT2D eigenvalue weighted by Crippen LogP contribution is 2.36. The molecule has 3 rings (SSSR count). The Morgan fingerprint density at radius 2 is 1.96 bits per heavy atom. The molecule has 8 heteroatoms. The molecule has 0 spiro atoms. The number of hydrazone groups is 1. The minimum Gasteiger partial charge on any atom is -0.480 e. The first kappa shape index (κ1) is 17.8. The number of hydrogen-bond donors (Lipinski definition) is 1. The van der Waals surface area contributed by atoms with Crippen molar-refractivity contribution in [3.05, 3.63) is 50.9 Å². The largest absolute Gasteiger partial charge is 0.480 e. The molecule has 0 unspecified atom stereocenters. The Morgan fingerprint density at radius 3 is 2.72 bits per heavy atom. The lowest BCUT2D eigenvalue weighted by atomic mass is 10.2. The fraction of sp³-hybridized carbons (Fsp3) is 0.176. The molecule has 130 valence electrons. The Morgan fingerprint density at radius 1 is 1.24 bits per heavy atom. The van der Waals surface area contributed by atoms with E-state index in [0.717, 1.165) is 14.5 Å². The van der Waals surface area contributed by atoms with Gasteiger partial charge < -0.3 is 14.2 Å². The maximum Gasteiger partial charge on any atom is 0.280 e. The maximum atomic E-state index is 12.1. The predicted molar refractivity (Wildman–Crippen MR) is 100 cm³/mol. The normalized spacial score (nSPS) is 13.7. The molecule has 25 heavy (non-hydrogen) atoms. The minimum absolute atomic E-state index is 0.197. The van der Waals surface area contributed by atoms with Gasteiger partial charge in [0.05, 0.1) is 10.7 Å². The smallest absolute Gasteiger partial charge is 0.280 e. The average molecular weight is 470 g/mol. The first-order valence-corrected chi connectivity index (χ1v) is 8.96. The lowest BCUT2D eigenvalue weighted by molar-refractivity contribution is -0.127. The highest BCUT2D eigenvalue weighted by atomic mass is 79.9. The van der Waals surface area contributed by atoms with Crippen molar-refractivity contribution in [3.63, 3.8) is 0 Å². The molecular weight excluding hydrogens is 456 g/mol. The third kappa shape index (κ3) is 4.32. The van der Waals surface area contributed by atoms with Crippen LogP contribution in [0.25, 0.3) is 0 Å². The molecule has 1 amide bonds. The van der Waals surface area contributed by atoms with Crippen LogP contribution in [0.15, 0.2) is 50.4 Å². The number of carbonyl (C=O) groups excluding carboxylic acids is 1. The molecular formula is C17H14Br2N2O4. The fourth-order valence-corrected chi connectivity index (χ4v) is 2.88. The van der Waals surface area contributed by atoms with Crippen LogP contribution >= 0.6 is 31.9 Å². The van der Waals surface area contributed by atoms with Crippen molar-refractivity contribution in [1.29, 1.82) is 0 Å². The zero-order valence-corrected chi connectivity index (χ0v) is 16.3. The van der Waals surface area contributed by atoms with Crippen LogP contribution in [0.1, 0.15) is 12.5 Å². The van der Waals surface area contributed by atoms with Crippen LogP contribution in [0.4, 0.5) is 0 Å². The summed E-state index contributed by atoms with van der Waals surface area (Å²) in [6, 6.07) is 10.9. The first-order chi connectivity index (χ1) is 12.0. The van der Waals surface area contributed by atoms with Crippen LogP contribution in [-0.4, -0.2) is 25.0 Å². The van der Waals surface area contributed by atoms with Crippen molar-refractivity contribution in [1.82, 2.24) is 5.43 Å².